The minimum atomic E-state index is 0.299. The van der Waals surface area contributed by atoms with Crippen LogP contribution in [0.1, 0.15) is 64.4 Å². The zero-order valence-electron chi connectivity index (χ0n) is 13.8. The van der Waals surface area contributed by atoms with Crippen LogP contribution in [0.5, 0.6) is 0 Å². The van der Waals surface area contributed by atoms with E-state index in [0.29, 0.717) is 11.5 Å². The summed E-state index contributed by atoms with van der Waals surface area (Å²) in [7, 11) is 0. The molecule has 2 rings (SSSR count). The summed E-state index contributed by atoms with van der Waals surface area (Å²) in [5.41, 5.74) is 3.12. The number of rotatable bonds is 7. The Morgan fingerprint density at radius 2 is 1.86 bits per heavy atom. The van der Waals surface area contributed by atoms with Crippen molar-refractivity contribution < 1.29 is 0 Å². The molecule has 1 saturated carbocycles. The van der Waals surface area contributed by atoms with E-state index in [1.54, 1.807) is 0 Å². The largest absolute Gasteiger partial charge is 0.313 e. The van der Waals surface area contributed by atoms with Crippen LogP contribution < -0.4 is 5.32 Å². The fourth-order valence-electron chi connectivity index (χ4n) is 3.92. The standard InChI is InChI=1S/C20H31N/c1-4-15-21-19(16-17(2)3)20(13-9-6-10-14-20)18-11-7-5-8-12-18/h5,7-8,11-12,19,21H,2,4,6,9-10,13-16H2,1,3H3. The zero-order chi connectivity index (χ0) is 15.1. The first-order valence-electron chi connectivity index (χ1n) is 8.62. The van der Waals surface area contributed by atoms with E-state index < -0.39 is 0 Å². The first kappa shape index (κ1) is 16.3. The van der Waals surface area contributed by atoms with Crippen LogP contribution in [0.2, 0.25) is 0 Å². The second kappa shape index (κ2) is 7.79. The van der Waals surface area contributed by atoms with Gasteiger partial charge in [-0.3, -0.25) is 0 Å². The molecule has 0 aliphatic heterocycles. The predicted octanol–water partition coefficient (Wildman–Crippen LogP) is 5.22. The van der Waals surface area contributed by atoms with Gasteiger partial charge in [-0.1, -0.05) is 62.1 Å². The molecule has 1 atom stereocenters. The topological polar surface area (TPSA) is 12.0 Å². The SMILES string of the molecule is C=C(C)CC(NCCC)C1(c2ccccc2)CCCCC1. The van der Waals surface area contributed by atoms with Crippen LogP contribution in [0.15, 0.2) is 42.5 Å². The molecule has 0 heterocycles. The summed E-state index contributed by atoms with van der Waals surface area (Å²) in [4.78, 5) is 0. The summed E-state index contributed by atoms with van der Waals surface area (Å²) in [5, 5.41) is 3.85. The van der Waals surface area contributed by atoms with Gasteiger partial charge in [-0.25, -0.2) is 0 Å². The summed E-state index contributed by atoms with van der Waals surface area (Å²) in [6, 6.07) is 11.7. The first-order chi connectivity index (χ1) is 10.2. The molecule has 1 unspecified atom stereocenters. The van der Waals surface area contributed by atoms with Crippen molar-refractivity contribution in [1.29, 1.82) is 0 Å². The van der Waals surface area contributed by atoms with Gasteiger partial charge in [0.15, 0.2) is 0 Å². The second-order valence-electron chi connectivity index (χ2n) is 6.75. The van der Waals surface area contributed by atoms with E-state index >= 15 is 0 Å². The van der Waals surface area contributed by atoms with Crippen molar-refractivity contribution in [2.75, 3.05) is 6.54 Å². The normalized spacial score (nSPS) is 19.1. The summed E-state index contributed by atoms with van der Waals surface area (Å²) >= 11 is 0. The Kier molecular flexibility index (Phi) is 6.05. The monoisotopic (exact) mass is 285 g/mol. The Bertz CT molecular complexity index is 428. The smallest absolute Gasteiger partial charge is 0.0201 e. The predicted molar refractivity (Wildman–Crippen MR) is 92.7 cm³/mol. The Balaban J connectivity index is 2.33. The Hall–Kier alpha value is -1.08. The molecule has 0 saturated heterocycles. The van der Waals surface area contributed by atoms with Crippen molar-refractivity contribution in [2.45, 2.75) is 70.3 Å². The van der Waals surface area contributed by atoms with Crippen LogP contribution in [-0.2, 0) is 5.41 Å². The summed E-state index contributed by atoms with van der Waals surface area (Å²) in [6.07, 6.45) is 9.01. The molecule has 1 N–H and O–H groups in total. The highest BCUT2D eigenvalue weighted by molar-refractivity contribution is 5.29. The van der Waals surface area contributed by atoms with Gasteiger partial charge in [0.2, 0.25) is 0 Å². The molecule has 1 nitrogen and oxygen atoms in total. The highest BCUT2D eigenvalue weighted by Gasteiger charge is 2.40. The van der Waals surface area contributed by atoms with Gasteiger partial charge in [0, 0.05) is 11.5 Å². The molecule has 1 aliphatic carbocycles. The third kappa shape index (κ3) is 3.97. The van der Waals surface area contributed by atoms with E-state index in [1.807, 2.05) is 0 Å². The van der Waals surface area contributed by atoms with E-state index in [-0.39, 0.29) is 0 Å². The lowest BCUT2D eigenvalue weighted by Gasteiger charge is -2.45. The summed E-state index contributed by atoms with van der Waals surface area (Å²) in [5.74, 6) is 0. The van der Waals surface area contributed by atoms with Crippen LogP contribution in [0.4, 0.5) is 0 Å². The van der Waals surface area contributed by atoms with Gasteiger partial charge < -0.3 is 5.32 Å². The van der Waals surface area contributed by atoms with Crippen molar-refractivity contribution in [2.24, 2.45) is 0 Å². The Morgan fingerprint density at radius 3 is 2.43 bits per heavy atom. The lowest BCUT2D eigenvalue weighted by molar-refractivity contribution is 0.210. The molecule has 1 fully saturated rings. The fourth-order valence-corrected chi connectivity index (χ4v) is 3.92. The van der Waals surface area contributed by atoms with Crippen LogP contribution in [0.25, 0.3) is 0 Å². The number of hydrogen-bond donors (Lipinski definition) is 1. The third-order valence-electron chi connectivity index (χ3n) is 4.95. The van der Waals surface area contributed by atoms with Crippen LogP contribution in [0, 0.1) is 0 Å². The van der Waals surface area contributed by atoms with Crippen LogP contribution >= 0.6 is 0 Å². The van der Waals surface area contributed by atoms with Gasteiger partial charge in [0.05, 0.1) is 0 Å². The molecular formula is C20H31N. The maximum Gasteiger partial charge on any atom is 0.0201 e. The molecule has 1 heteroatoms. The molecule has 116 valence electrons. The van der Waals surface area contributed by atoms with Gasteiger partial charge in [-0.15, -0.1) is 6.58 Å². The lowest BCUT2D eigenvalue weighted by atomic mass is 9.63. The highest BCUT2D eigenvalue weighted by atomic mass is 14.9. The molecule has 1 aromatic rings. The maximum absolute atomic E-state index is 4.18. The van der Waals surface area contributed by atoms with Gasteiger partial charge in [0.1, 0.15) is 0 Å². The van der Waals surface area contributed by atoms with E-state index in [2.05, 4.69) is 56.1 Å². The Morgan fingerprint density at radius 1 is 1.19 bits per heavy atom. The van der Waals surface area contributed by atoms with Gasteiger partial charge in [-0.05, 0) is 44.7 Å². The molecule has 0 bridgehead atoms. The molecule has 0 amide bonds. The molecule has 21 heavy (non-hydrogen) atoms. The molecule has 1 aliphatic rings. The van der Waals surface area contributed by atoms with Gasteiger partial charge in [0.25, 0.3) is 0 Å². The molecule has 0 radical (unpaired) electrons. The number of nitrogens with one attached hydrogen (secondary N) is 1. The fraction of sp³-hybridized carbons (Fsp3) is 0.600. The number of hydrogen-bond acceptors (Lipinski definition) is 1. The second-order valence-corrected chi connectivity index (χ2v) is 6.75. The van der Waals surface area contributed by atoms with Crippen LogP contribution in [0.3, 0.4) is 0 Å². The maximum atomic E-state index is 4.18. The van der Waals surface area contributed by atoms with Crippen molar-refractivity contribution in [1.82, 2.24) is 5.32 Å². The lowest BCUT2D eigenvalue weighted by Crippen LogP contribution is -2.50. The molecule has 0 spiro atoms. The summed E-state index contributed by atoms with van der Waals surface area (Å²) in [6.45, 7) is 9.71. The Labute approximate surface area is 130 Å². The van der Waals surface area contributed by atoms with E-state index in [9.17, 15) is 0 Å². The van der Waals surface area contributed by atoms with Crippen molar-refractivity contribution in [3.8, 4) is 0 Å². The van der Waals surface area contributed by atoms with Gasteiger partial charge in [-0.2, -0.15) is 0 Å². The minimum absolute atomic E-state index is 0.299. The molecule has 0 aromatic heterocycles. The highest BCUT2D eigenvalue weighted by Crippen LogP contribution is 2.43. The van der Waals surface area contributed by atoms with Crippen LogP contribution in [-0.4, -0.2) is 12.6 Å². The van der Waals surface area contributed by atoms with E-state index in [1.165, 1.54) is 49.7 Å². The summed E-state index contributed by atoms with van der Waals surface area (Å²) < 4.78 is 0. The quantitative estimate of drug-likeness (QED) is 0.677. The van der Waals surface area contributed by atoms with E-state index in [0.717, 1.165) is 13.0 Å². The molecule has 1 aromatic carbocycles. The number of benzene rings is 1. The minimum Gasteiger partial charge on any atom is -0.313 e. The third-order valence-corrected chi connectivity index (χ3v) is 4.95. The molecular weight excluding hydrogens is 254 g/mol. The average molecular weight is 285 g/mol. The van der Waals surface area contributed by atoms with E-state index in [4.69, 9.17) is 0 Å². The van der Waals surface area contributed by atoms with Crippen molar-refractivity contribution in [3.05, 3.63) is 48.0 Å². The van der Waals surface area contributed by atoms with Crippen molar-refractivity contribution >= 4 is 0 Å². The zero-order valence-corrected chi connectivity index (χ0v) is 13.8. The van der Waals surface area contributed by atoms with Crippen molar-refractivity contribution in [3.63, 3.8) is 0 Å². The van der Waals surface area contributed by atoms with Gasteiger partial charge >= 0.3 is 0 Å². The average Bonchev–Trinajstić information content (AvgIpc) is 2.52. The first-order valence-corrected chi connectivity index (χ1v) is 8.62.